The predicted molar refractivity (Wildman–Crippen MR) is 81.6 cm³/mol. The maximum absolute atomic E-state index is 3.11. The van der Waals surface area contributed by atoms with Crippen molar-refractivity contribution in [2.45, 2.75) is 27.7 Å². The monoisotopic (exact) mass is 238 g/mol. The number of hydrogen-bond acceptors (Lipinski definition) is 0. The van der Waals surface area contributed by atoms with E-state index in [4.69, 9.17) is 0 Å². The van der Waals surface area contributed by atoms with Crippen molar-refractivity contribution >= 4 is 0 Å². The molecule has 0 heteroatoms. The van der Waals surface area contributed by atoms with Crippen LogP contribution < -0.4 is 0 Å². The Balaban J connectivity index is 0.000000659. The van der Waals surface area contributed by atoms with Gasteiger partial charge in [0.25, 0.3) is 0 Å². The van der Waals surface area contributed by atoms with E-state index < -0.39 is 0 Å². The SMILES string of the molecule is C(#Cc1ccccc1)c1ccccc1.CC.CC. The second kappa shape index (κ2) is 11.5. The Morgan fingerprint density at radius 1 is 0.500 bits per heavy atom. The highest BCUT2D eigenvalue weighted by Gasteiger charge is 1.83. The molecule has 0 aliphatic heterocycles. The zero-order valence-electron chi connectivity index (χ0n) is 11.8. The van der Waals surface area contributed by atoms with Crippen LogP contribution in [0.15, 0.2) is 60.7 Å². The summed E-state index contributed by atoms with van der Waals surface area (Å²) in [7, 11) is 0. The van der Waals surface area contributed by atoms with Gasteiger partial charge in [0, 0.05) is 11.1 Å². The fraction of sp³-hybridized carbons (Fsp3) is 0.222. The lowest BCUT2D eigenvalue weighted by Crippen LogP contribution is -1.73. The van der Waals surface area contributed by atoms with Crippen LogP contribution >= 0.6 is 0 Å². The zero-order chi connectivity index (χ0) is 13.6. The van der Waals surface area contributed by atoms with E-state index in [1.807, 2.05) is 88.4 Å². The largest absolute Gasteiger partial charge is 0.0683 e. The molecule has 2 aromatic rings. The molecular weight excluding hydrogens is 216 g/mol. The lowest BCUT2D eigenvalue weighted by Gasteiger charge is -1.88. The Hall–Kier alpha value is -2.00. The third-order valence-electron chi connectivity index (χ3n) is 1.90. The third kappa shape index (κ3) is 6.55. The molecule has 0 saturated carbocycles. The lowest BCUT2D eigenvalue weighted by atomic mass is 10.2. The maximum Gasteiger partial charge on any atom is 0.0249 e. The molecule has 0 radical (unpaired) electrons. The topological polar surface area (TPSA) is 0 Å². The molecule has 18 heavy (non-hydrogen) atoms. The lowest BCUT2D eigenvalue weighted by molar-refractivity contribution is 1.50. The van der Waals surface area contributed by atoms with E-state index in [1.54, 1.807) is 0 Å². The number of rotatable bonds is 0. The molecule has 2 rings (SSSR count). The molecule has 0 heterocycles. The van der Waals surface area contributed by atoms with Crippen LogP contribution in [-0.4, -0.2) is 0 Å². The van der Waals surface area contributed by atoms with Gasteiger partial charge in [0.05, 0.1) is 0 Å². The Morgan fingerprint density at radius 2 is 0.778 bits per heavy atom. The van der Waals surface area contributed by atoms with Gasteiger partial charge in [-0.1, -0.05) is 75.9 Å². The minimum atomic E-state index is 1.05. The normalized spacial score (nSPS) is 7.56. The molecule has 0 aliphatic carbocycles. The minimum absolute atomic E-state index is 1.05. The summed E-state index contributed by atoms with van der Waals surface area (Å²) in [5, 5.41) is 0. The van der Waals surface area contributed by atoms with Gasteiger partial charge in [-0.05, 0) is 24.3 Å². The summed E-state index contributed by atoms with van der Waals surface area (Å²) in [6, 6.07) is 20.0. The fourth-order valence-electron chi connectivity index (χ4n) is 1.19. The van der Waals surface area contributed by atoms with E-state index >= 15 is 0 Å². The summed E-state index contributed by atoms with van der Waals surface area (Å²) < 4.78 is 0. The molecule has 0 amide bonds. The molecule has 0 fully saturated rings. The van der Waals surface area contributed by atoms with Crippen molar-refractivity contribution in [2.24, 2.45) is 0 Å². The first kappa shape index (κ1) is 16.0. The summed E-state index contributed by atoms with van der Waals surface area (Å²) in [5.41, 5.74) is 2.10. The first-order valence-corrected chi connectivity index (χ1v) is 6.57. The Bertz CT molecular complexity index is 400. The molecule has 2 aromatic carbocycles. The first-order chi connectivity index (χ1) is 8.95. The molecule has 94 valence electrons. The average Bonchev–Trinajstić information content (AvgIpc) is 2.51. The van der Waals surface area contributed by atoms with Crippen LogP contribution in [0.4, 0.5) is 0 Å². The molecule has 0 nitrogen and oxygen atoms in total. The first-order valence-electron chi connectivity index (χ1n) is 6.57. The summed E-state index contributed by atoms with van der Waals surface area (Å²) in [6.07, 6.45) is 0. The predicted octanol–water partition coefficient (Wildman–Crippen LogP) is 5.14. The van der Waals surface area contributed by atoms with E-state index in [1.165, 1.54) is 0 Å². The van der Waals surface area contributed by atoms with Crippen molar-refractivity contribution in [2.75, 3.05) is 0 Å². The zero-order valence-corrected chi connectivity index (χ0v) is 11.8. The second-order valence-electron chi connectivity index (χ2n) is 2.98. The van der Waals surface area contributed by atoms with E-state index in [0.717, 1.165) is 11.1 Å². The molecule has 0 aliphatic rings. The van der Waals surface area contributed by atoms with Gasteiger partial charge in [0.15, 0.2) is 0 Å². The van der Waals surface area contributed by atoms with Crippen LogP contribution in [0.1, 0.15) is 38.8 Å². The van der Waals surface area contributed by atoms with Crippen molar-refractivity contribution in [1.29, 1.82) is 0 Å². The van der Waals surface area contributed by atoms with Crippen molar-refractivity contribution in [3.63, 3.8) is 0 Å². The van der Waals surface area contributed by atoms with Crippen molar-refractivity contribution in [3.05, 3.63) is 71.8 Å². The van der Waals surface area contributed by atoms with Gasteiger partial charge in [-0.25, -0.2) is 0 Å². The molecule has 0 N–H and O–H groups in total. The van der Waals surface area contributed by atoms with E-state index in [0.29, 0.717) is 0 Å². The van der Waals surface area contributed by atoms with Crippen LogP contribution in [0, 0.1) is 11.8 Å². The average molecular weight is 238 g/mol. The highest BCUT2D eigenvalue weighted by Crippen LogP contribution is 1.98. The molecule has 0 spiro atoms. The number of hydrogen-bond donors (Lipinski definition) is 0. The van der Waals surface area contributed by atoms with Crippen LogP contribution in [0.3, 0.4) is 0 Å². The quantitative estimate of drug-likeness (QED) is 0.557. The van der Waals surface area contributed by atoms with Crippen molar-refractivity contribution < 1.29 is 0 Å². The summed E-state index contributed by atoms with van der Waals surface area (Å²) in [5.74, 6) is 6.22. The minimum Gasteiger partial charge on any atom is -0.0683 e. The Labute approximate surface area is 112 Å². The summed E-state index contributed by atoms with van der Waals surface area (Å²) in [4.78, 5) is 0. The van der Waals surface area contributed by atoms with Gasteiger partial charge in [-0.15, -0.1) is 0 Å². The van der Waals surface area contributed by atoms with Crippen LogP contribution in [0.25, 0.3) is 0 Å². The summed E-state index contributed by atoms with van der Waals surface area (Å²) in [6.45, 7) is 8.00. The second-order valence-corrected chi connectivity index (χ2v) is 2.98. The Kier molecular flexibility index (Phi) is 10.2. The molecule has 0 bridgehead atoms. The highest BCUT2D eigenvalue weighted by atomic mass is 13.9. The smallest absolute Gasteiger partial charge is 0.0249 e. The third-order valence-corrected chi connectivity index (χ3v) is 1.90. The summed E-state index contributed by atoms with van der Waals surface area (Å²) >= 11 is 0. The van der Waals surface area contributed by atoms with Gasteiger partial charge >= 0.3 is 0 Å². The van der Waals surface area contributed by atoms with Gasteiger partial charge in [-0.2, -0.15) is 0 Å². The molecule has 0 unspecified atom stereocenters. The van der Waals surface area contributed by atoms with Crippen LogP contribution in [0.5, 0.6) is 0 Å². The fourth-order valence-corrected chi connectivity index (χ4v) is 1.19. The molecule has 0 aromatic heterocycles. The maximum atomic E-state index is 3.11. The van der Waals surface area contributed by atoms with Crippen LogP contribution in [0.2, 0.25) is 0 Å². The van der Waals surface area contributed by atoms with Gasteiger partial charge in [0.2, 0.25) is 0 Å². The van der Waals surface area contributed by atoms with E-state index in [9.17, 15) is 0 Å². The van der Waals surface area contributed by atoms with Gasteiger partial charge in [-0.3, -0.25) is 0 Å². The van der Waals surface area contributed by atoms with Crippen molar-refractivity contribution in [1.82, 2.24) is 0 Å². The van der Waals surface area contributed by atoms with Crippen molar-refractivity contribution in [3.8, 4) is 11.8 Å². The van der Waals surface area contributed by atoms with Gasteiger partial charge < -0.3 is 0 Å². The van der Waals surface area contributed by atoms with Gasteiger partial charge in [0.1, 0.15) is 0 Å². The molecule has 0 atom stereocenters. The standard InChI is InChI=1S/C14H10.2C2H6/c1-3-7-13(8-4-1)11-12-14-9-5-2-6-10-14;2*1-2/h1-10H;2*1-2H3. The Morgan fingerprint density at radius 3 is 1.06 bits per heavy atom. The molecular formula is C18H22. The number of benzene rings is 2. The van der Waals surface area contributed by atoms with E-state index in [2.05, 4.69) is 11.8 Å². The highest BCUT2D eigenvalue weighted by molar-refractivity contribution is 5.42. The van der Waals surface area contributed by atoms with E-state index in [-0.39, 0.29) is 0 Å². The molecule has 0 saturated heterocycles. The van der Waals surface area contributed by atoms with Crippen LogP contribution in [-0.2, 0) is 0 Å².